The molecule has 2 rings (SSSR count). The fraction of sp³-hybridized carbons (Fsp3) is 0.500. The minimum atomic E-state index is -0.171. The van der Waals surface area contributed by atoms with E-state index in [-0.39, 0.29) is 5.82 Å². The van der Waals surface area contributed by atoms with Crippen LogP contribution in [0.1, 0.15) is 12.5 Å². The molecular formula is C12H16ClFN2. The minimum absolute atomic E-state index is 0.171. The number of rotatable bonds is 2. The van der Waals surface area contributed by atoms with Crippen LogP contribution in [0.3, 0.4) is 0 Å². The third-order valence-corrected chi connectivity index (χ3v) is 3.26. The maximum atomic E-state index is 13.6. The van der Waals surface area contributed by atoms with Gasteiger partial charge in [-0.2, -0.15) is 0 Å². The molecule has 0 spiro atoms. The van der Waals surface area contributed by atoms with Gasteiger partial charge < -0.3 is 5.32 Å². The summed E-state index contributed by atoms with van der Waals surface area (Å²) in [5.41, 5.74) is 0.682. The number of nitrogens with one attached hydrogen (secondary N) is 1. The molecule has 4 heteroatoms. The SMILES string of the molecule is C[C@@H]1CNCCN1Cc1cc(Cl)ccc1F. The van der Waals surface area contributed by atoms with E-state index in [9.17, 15) is 4.39 Å². The summed E-state index contributed by atoms with van der Waals surface area (Å²) >= 11 is 5.87. The van der Waals surface area contributed by atoms with Gasteiger partial charge in [0.05, 0.1) is 0 Å². The van der Waals surface area contributed by atoms with Gasteiger partial charge in [-0.15, -0.1) is 0 Å². The van der Waals surface area contributed by atoms with E-state index in [4.69, 9.17) is 11.6 Å². The zero-order valence-corrected chi connectivity index (χ0v) is 10.1. The maximum Gasteiger partial charge on any atom is 0.127 e. The van der Waals surface area contributed by atoms with E-state index < -0.39 is 0 Å². The molecule has 1 saturated heterocycles. The Labute approximate surface area is 100 Å². The zero-order chi connectivity index (χ0) is 11.5. The van der Waals surface area contributed by atoms with Crippen molar-refractivity contribution in [1.29, 1.82) is 0 Å². The fourth-order valence-corrected chi connectivity index (χ4v) is 2.20. The molecule has 1 fully saturated rings. The highest BCUT2D eigenvalue weighted by Gasteiger charge is 2.19. The first-order valence-corrected chi connectivity index (χ1v) is 5.93. The maximum absolute atomic E-state index is 13.6. The number of hydrogen-bond acceptors (Lipinski definition) is 2. The van der Waals surface area contributed by atoms with Crippen LogP contribution < -0.4 is 5.32 Å². The second kappa shape index (κ2) is 5.13. The van der Waals surface area contributed by atoms with Gasteiger partial charge in [-0.1, -0.05) is 11.6 Å². The second-order valence-electron chi connectivity index (χ2n) is 4.26. The predicted octanol–water partition coefficient (Wildman–Crippen LogP) is 2.27. The Morgan fingerprint density at radius 2 is 2.38 bits per heavy atom. The molecular weight excluding hydrogens is 227 g/mol. The molecule has 1 aliphatic rings. The lowest BCUT2D eigenvalue weighted by Gasteiger charge is -2.33. The van der Waals surface area contributed by atoms with E-state index in [1.165, 1.54) is 6.07 Å². The van der Waals surface area contributed by atoms with E-state index in [1.807, 2.05) is 0 Å². The minimum Gasteiger partial charge on any atom is -0.314 e. The number of benzene rings is 1. The lowest BCUT2D eigenvalue weighted by atomic mass is 10.1. The Morgan fingerprint density at radius 1 is 1.56 bits per heavy atom. The number of hydrogen-bond donors (Lipinski definition) is 1. The number of halogens is 2. The van der Waals surface area contributed by atoms with Crippen molar-refractivity contribution in [3.05, 3.63) is 34.6 Å². The Kier molecular flexibility index (Phi) is 3.79. The molecule has 1 atom stereocenters. The molecule has 16 heavy (non-hydrogen) atoms. The molecule has 0 unspecified atom stereocenters. The third-order valence-electron chi connectivity index (χ3n) is 3.02. The second-order valence-corrected chi connectivity index (χ2v) is 4.70. The van der Waals surface area contributed by atoms with Crippen LogP contribution in [0.4, 0.5) is 4.39 Å². The van der Waals surface area contributed by atoms with Gasteiger partial charge in [-0.25, -0.2) is 4.39 Å². The third kappa shape index (κ3) is 2.73. The Hall–Kier alpha value is -0.640. The molecule has 1 N–H and O–H groups in total. The first-order valence-electron chi connectivity index (χ1n) is 5.55. The lowest BCUT2D eigenvalue weighted by molar-refractivity contribution is 0.164. The molecule has 0 saturated carbocycles. The van der Waals surface area contributed by atoms with Crippen LogP contribution in [0.5, 0.6) is 0 Å². The Balaban J connectivity index is 2.10. The largest absolute Gasteiger partial charge is 0.314 e. The summed E-state index contributed by atoms with van der Waals surface area (Å²) in [6.45, 7) is 5.66. The number of nitrogens with zero attached hydrogens (tertiary/aromatic N) is 1. The molecule has 0 aromatic heterocycles. The van der Waals surface area contributed by atoms with E-state index in [0.717, 1.165) is 19.6 Å². The summed E-state index contributed by atoms with van der Waals surface area (Å²) in [6, 6.07) is 5.17. The lowest BCUT2D eigenvalue weighted by Crippen LogP contribution is -2.49. The van der Waals surface area contributed by atoms with Crippen molar-refractivity contribution in [2.24, 2.45) is 0 Å². The van der Waals surface area contributed by atoms with Crippen LogP contribution in [-0.2, 0) is 6.54 Å². The normalized spacial score (nSPS) is 22.3. The molecule has 0 amide bonds. The number of piperazine rings is 1. The van der Waals surface area contributed by atoms with Gasteiger partial charge in [0.25, 0.3) is 0 Å². The van der Waals surface area contributed by atoms with Gasteiger partial charge in [-0.3, -0.25) is 4.90 Å². The van der Waals surface area contributed by atoms with E-state index in [0.29, 0.717) is 23.2 Å². The van der Waals surface area contributed by atoms with Gasteiger partial charge in [0.1, 0.15) is 5.82 Å². The highest BCUT2D eigenvalue weighted by Crippen LogP contribution is 2.18. The van der Waals surface area contributed by atoms with Crippen molar-refractivity contribution in [2.45, 2.75) is 19.5 Å². The summed E-state index contributed by atoms with van der Waals surface area (Å²) in [5.74, 6) is -0.171. The Bertz CT molecular complexity index is 370. The molecule has 88 valence electrons. The molecule has 0 bridgehead atoms. The molecule has 1 aromatic rings. The molecule has 0 radical (unpaired) electrons. The molecule has 1 aliphatic heterocycles. The molecule has 1 aromatic carbocycles. The van der Waals surface area contributed by atoms with Crippen LogP contribution in [0.2, 0.25) is 5.02 Å². The molecule has 2 nitrogen and oxygen atoms in total. The van der Waals surface area contributed by atoms with E-state index >= 15 is 0 Å². The van der Waals surface area contributed by atoms with E-state index in [1.54, 1.807) is 12.1 Å². The highest BCUT2D eigenvalue weighted by molar-refractivity contribution is 6.30. The first kappa shape index (κ1) is 11.8. The summed E-state index contributed by atoms with van der Waals surface area (Å²) < 4.78 is 13.6. The van der Waals surface area contributed by atoms with Crippen molar-refractivity contribution in [3.63, 3.8) is 0 Å². The molecule has 0 aliphatic carbocycles. The van der Waals surface area contributed by atoms with Gasteiger partial charge in [0.2, 0.25) is 0 Å². The van der Waals surface area contributed by atoms with Crippen molar-refractivity contribution in [3.8, 4) is 0 Å². The van der Waals surface area contributed by atoms with Gasteiger partial charge >= 0.3 is 0 Å². The smallest absolute Gasteiger partial charge is 0.127 e. The Morgan fingerprint density at radius 3 is 3.12 bits per heavy atom. The summed E-state index contributed by atoms with van der Waals surface area (Å²) in [7, 11) is 0. The van der Waals surface area contributed by atoms with Gasteiger partial charge in [-0.05, 0) is 25.1 Å². The summed E-state index contributed by atoms with van der Waals surface area (Å²) in [5, 5.41) is 3.91. The van der Waals surface area contributed by atoms with Crippen LogP contribution in [-0.4, -0.2) is 30.6 Å². The predicted molar refractivity (Wildman–Crippen MR) is 64.2 cm³/mol. The van der Waals surface area contributed by atoms with Crippen LogP contribution in [0.25, 0.3) is 0 Å². The first-order chi connectivity index (χ1) is 7.66. The highest BCUT2D eigenvalue weighted by atomic mass is 35.5. The van der Waals surface area contributed by atoms with Crippen molar-refractivity contribution in [1.82, 2.24) is 10.2 Å². The van der Waals surface area contributed by atoms with Crippen molar-refractivity contribution in [2.75, 3.05) is 19.6 Å². The quantitative estimate of drug-likeness (QED) is 0.856. The summed E-state index contributed by atoms with van der Waals surface area (Å²) in [6.07, 6.45) is 0. The van der Waals surface area contributed by atoms with E-state index in [2.05, 4.69) is 17.1 Å². The fourth-order valence-electron chi connectivity index (χ4n) is 2.00. The monoisotopic (exact) mass is 242 g/mol. The zero-order valence-electron chi connectivity index (χ0n) is 9.34. The standard InChI is InChI=1S/C12H16ClFN2/c1-9-7-15-4-5-16(9)8-10-6-11(13)2-3-12(10)14/h2-3,6,9,15H,4-5,7-8H2,1H3/t9-/m1/s1. The van der Waals surface area contributed by atoms with Gasteiger partial charge in [0, 0.05) is 42.8 Å². The summed E-state index contributed by atoms with van der Waals surface area (Å²) in [4.78, 5) is 2.27. The average Bonchev–Trinajstić information content (AvgIpc) is 2.27. The van der Waals surface area contributed by atoms with Crippen LogP contribution in [0.15, 0.2) is 18.2 Å². The van der Waals surface area contributed by atoms with Crippen LogP contribution in [0, 0.1) is 5.82 Å². The average molecular weight is 243 g/mol. The molecule has 1 heterocycles. The van der Waals surface area contributed by atoms with Gasteiger partial charge in [0.15, 0.2) is 0 Å². The van der Waals surface area contributed by atoms with Crippen molar-refractivity contribution < 1.29 is 4.39 Å². The van der Waals surface area contributed by atoms with Crippen molar-refractivity contribution >= 4 is 11.6 Å². The topological polar surface area (TPSA) is 15.3 Å². The van der Waals surface area contributed by atoms with Crippen LogP contribution >= 0.6 is 11.6 Å².